The second kappa shape index (κ2) is 6.90. The summed E-state index contributed by atoms with van der Waals surface area (Å²) in [6.45, 7) is 0. The number of carbonyl (C=O) groups excluding carboxylic acids is 1. The molecule has 26 heavy (non-hydrogen) atoms. The molecule has 128 valence electrons. The van der Waals surface area contributed by atoms with E-state index in [1.165, 1.54) is 0 Å². The number of nitrogens with one attached hydrogen (secondary N) is 2. The molecule has 2 aromatic carbocycles. The first kappa shape index (κ1) is 16.2. The van der Waals surface area contributed by atoms with Gasteiger partial charge in [-0.1, -0.05) is 17.7 Å². The van der Waals surface area contributed by atoms with Crippen LogP contribution in [0, 0.1) is 0 Å². The Kier molecular flexibility index (Phi) is 4.29. The molecule has 0 saturated heterocycles. The molecule has 0 aliphatic heterocycles. The van der Waals surface area contributed by atoms with Crippen molar-refractivity contribution in [3.05, 3.63) is 83.8 Å². The Bertz CT molecular complexity index is 1060. The SMILES string of the molecule is O=C(Nc1ccc(Oc2ccncc2)cc1)c1cc2ccc(Cl)cc2[nH]1. The number of H-pyrrole nitrogens is 1. The average Bonchev–Trinajstić information content (AvgIpc) is 3.07. The number of benzene rings is 2. The van der Waals surface area contributed by atoms with Gasteiger partial charge in [0.15, 0.2) is 0 Å². The molecular weight excluding hydrogens is 350 g/mol. The molecule has 4 aromatic rings. The van der Waals surface area contributed by atoms with E-state index in [1.807, 2.05) is 6.07 Å². The van der Waals surface area contributed by atoms with Crippen LogP contribution in [0.25, 0.3) is 10.9 Å². The van der Waals surface area contributed by atoms with Crippen molar-refractivity contribution in [2.24, 2.45) is 0 Å². The first-order valence-corrected chi connectivity index (χ1v) is 8.33. The largest absolute Gasteiger partial charge is 0.457 e. The molecule has 2 heterocycles. The van der Waals surface area contributed by atoms with Gasteiger partial charge >= 0.3 is 0 Å². The lowest BCUT2D eigenvalue weighted by atomic mass is 10.2. The van der Waals surface area contributed by atoms with Crippen LogP contribution in [-0.2, 0) is 0 Å². The molecule has 0 aliphatic rings. The summed E-state index contributed by atoms with van der Waals surface area (Å²) < 4.78 is 5.70. The number of aromatic amines is 1. The van der Waals surface area contributed by atoms with E-state index in [1.54, 1.807) is 67.0 Å². The predicted octanol–water partition coefficient (Wildman–Crippen LogP) is 5.26. The highest BCUT2D eigenvalue weighted by molar-refractivity contribution is 6.31. The summed E-state index contributed by atoms with van der Waals surface area (Å²) in [5, 5.41) is 4.41. The van der Waals surface area contributed by atoms with E-state index in [4.69, 9.17) is 16.3 Å². The van der Waals surface area contributed by atoms with E-state index in [2.05, 4.69) is 15.3 Å². The van der Waals surface area contributed by atoms with Crippen molar-refractivity contribution in [2.45, 2.75) is 0 Å². The Morgan fingerprint density at radius 2 is 1.69 bits per heavy atom. The number of carbonyl (C=O) groups is 1. The molecule has 0 fully saturated rings. The predicted molar refractivity (Wildman–Crippen MR) is 102 cm³/mol. The number of nitrogens with zero attached hydrogens (tertiary/aromatic N) is 1. The summed E-state index contributed by atoms with van der Waals surface area (Å²) >= 11 is 5.97. The number of ether oxygens (including phenoxy) is 1. The summed E-state index contributed by atoms with van der Waals surface area (Å²) in [4.78, 5) is 19.4. The Hall–Kier alpha value is -3.31. The Morgan fingerprint density at radius 1 is 0.962 bits per heavy atom. The topological polar surface area (TPSA) is 67.0 Å². The highest BCUT2D eigenvalue weighted by Gasteiger charge is 2.10. The molecular formula is C20H14ClN3O2. The van der Waals surface area contributed by atoms with E-state index in [0.29, 0.717) is 27.9 Å². The van der Waals surface area contributed by atoms with Crippen LogP contribution in [0.2, 0.25) is 5.02 Å². The molecule has 2 N–H and O–H groups in total. The lowest BCUT2D eigenvalue weighted by Gasteiger charge is -2.07. The molecule has 4 rings (SSSR count). The van der Waals surface area contributed by atoms with Crippen LogP contribution in [0.5, 0.6) is 11.5 Å². The standard InChI is InChI=1S/C20H14ClN3O2/c21-14-2-1-13-11-19(24-18(13)12-14)20(25)23-15-3-5-16(6-4-15)26-17-7-9-22-10-8-17/h1-12,24H,(H,23,25). The monoisotopic (exact) mass is 363 g/mol. The van der Waals surface area contributed by atoms with Gasteiger partial charge < -0.3 is 15.0 Å². The Morgan fingerprint density at radius 3 is 2.46 bits per heavy atom. The van der Waals surface area contributed by atoms with E-state index in [0.717, 1.165) is 10.9 Å². The first-order chi connectivity index (χ1) is 12.7. The lowest BCUT2D eigenvalue weighted by Crippen LogP contribution is -2.12. The number of rotatable bonds is 4. The second-order valence-corrected chi connectivity index (χ2v) is 6.11. The van der Waals surface area contributed by atoms with Crippen LogP contribution in [0.4, 0.5) is 5.69 Å². The third-order valence-electron chi connectivity index (χ3n) is 3.83. The molecule has 0 spiro atoms. The first-order valence-electron chi connectivity index (χ1n) is 7.95. The maximum Gasteiger partial charge on any atom is 0.272 e. The van der Waals surface area contributed by atoms with Crippen LogP contribution in [0.1, 0.15) is 10.5 Å². The number of hydrogen-bond donors (Lipinski definition) is 2. The summed E-state index contributed by atoms with van der Waals surface area (Å²) in [5.41, 5.74) is 1.97. The molecule has 0 unspecified atom stereocenters. The quantitative estimate of drug-likeness (QED) is 0.519. The van der Waals surface area contributed by atoms with Crippen LogP contribution >= 0.6 is 11.6 Å². The molecule has 0 aliphatic carbocycles. The molecule has 6 heteroatoms. The average molecular weight is 364 g/mol. The third kappa shape index (κ3) is 3.53. The molecule has 1 amide bonds. The second-order valence-electron chi connectivity index (χ2n) is 5.68. The number of halogens is 1. The summed E-state index contributed by atoms with van der Waals surface area (Å²) in [5.74, 6) is 1.16. The fourth-order valence-electron chi connectivity index (χ4n) is 2.57. The van der Waals surface area contributed by atoms with E-state index < -0.39 is 0 Å². The van der Waals surface area contributed by atoms with Gasteiger partial charge in [0.25, 0.3) is 5.91 Å². The van der Waals surface area contributed by atoms with Gasteiger partial charge in [0, 0.05) is 34.0 Å². The normalized spacial score (nSPS) is 10.7. The van der Waals surface area contributed by atoms with Crippen LogP contribution < -0.4 is 10.1 Å². The zero-order chi connectivity index (χ0) is 17.9. The minimum Gasteiger partial charge on any atom is -0.457 e. The fourth-order valence-corrected chi connectivity index (χ4v) is 2.74. The Labute approximate surface area is 154 Å². The molecule has 5 nitrogen and oxygen atoms in total. The zero-order valence-corrected chi connectivity index (χ0v) is 14.3. The number of pyridine rings is 1. The van der Waals surface area contributed by atoms with E-state index in [9.17, 15) is 4.79 Å². The number of aromatic nitrogens is 2. The summed E-state index contributed by atoms with van der Waals surface area (Å²) in [7, 11) is 0. The van der Waals surface area contributed by atoms with Gasteiger partial charge in [0.05, 0.1) is 0 Å². The molecule has 0 saturated carbocycles. The van der Waals surface area contributed by atoms with Crippen molar-refractivity contribution in [1.82, 2.24) is 9.97 Å². The number of hydrogen-bond acceptors (Lipinski definition) is 3. The van der Waals surface area contributed by atoms with Crippen molar-refractivity contribution < 1.29 is 9.53 Å². The molecule has 0 bridgehead atoms. The van der Waals surface area contributed by atoms with Crippen molar-refractivity contribution in [3.63, 3.8) is 0 Å². The van der Waals surface area contributed by atoms with Gasteiger partial charge in [0.1, 0.15) is 17.2 Å². The maximum absolute atomic E-state index is 12.4. The lowest BCUT2D eigenvalue weighted by molar-refractivity contribution is 0.102. The van der Waals surface area contributed by atoms with E-state index >= 15 is 0 Å². The van der Waals surface area contributed by atoms with Crippen molar-refractivity contribution >= 4 is 34.1 Å². The van der Waals surface area contributed by atoms with Gasteiger partial charge in [-0.05, 0) is 54.6 Å². The van der Waals surface area contributed by atoms with Gasteiger partial charge in [-0.25, -0.2) is 0 Å². The van der Waals surface area contributed by atoms with Crippen molar-refractivity contribution in [3.8, 4) is 11.5 Å². The highest BCUT2D eigenvalue weighted by Crippen LogP contribution is 2.23. The highest BCUT2D eigenvalue weighted by atomic mass is 35.5. The smallest absolute Gasteiger partial charge is 0.272 e. The summed E-state index contributed by atoms with van der Waals surface area (Å²) in [6, 6.07) is 18.0. The van der Waals surface area contributed by atoms with Gasteiger partial charge in [-0.3, -0.25) is 9.78 Å². The summed E-state index contributed by atoms with van der Waals surface area (Å²) in [6.07, 6.45) is 3.33. The van der Waals surface area contributed by atoms with E-state index in [-0.39, 0.29) is 5.91 Å². The third-order valence-corrected chi connectivity index (χ3v) is 4.06. The van der Waals surface area contributed by atoms with Crippen LogP contribution in [-0.4, -0.2) is 15.9 Å². The van der Waals surface area contributed by atoms with Crippen molar-refractivity contribution in [2.75, 3.05) is 5.32 Å². The maximum atomic E-state index is 12.4. The van der Waals surface area contributed by atoms with Gasteiger partial charge in [0.2, 0.25) is 0 Å². The minimum atomic E-state index is -0.222. The molecule has 0 radical (unpaired) electrons. The van der Waals surface area contributed by atoms with Crippen molar-refractivity contribution in [1.29, 1.82) is 0 Å². The molecule has 2 aromatic heterocycles. The van der Waals surface area contributed by atoms with Gasteiger partial charge in [-0.15, -0.1) is 0 Å². The zero-order valence-electron chi connectivity index (χ0n) is 13.6. The Balaban J connectivity index is 1.46. The molecule has 0 atom stereocenters. The fraction of sp³-hybridized carbons (Fsp3) is 0. The minimum absolute atomic E-state index is 0.222. The number of amides is 1. The number of fused-ring (bicyclic) bond motifs is 1. The number of anilines is 1. The van der Waals surface area contributed by atoms with Crippen LogP contribution in [0.3, 0.4) is 0 Å². The van der Waals surface area contributed by atoms with Crippen LogP contribution in [0.15, 0.2) is 73.1 Å². The van der Waals surface area contributed by atoms with Gasteiger partial charge in [-0.2, -0.15) is 0 Å².